The monoisotopic (exact) mass is 1560 g/mol. The molecular weight excluding hydrogens is 1490 g/mol. The van der Waals surface area contributed by atoms with Crippen LogP contribution in [-0.4, -0.2) is 98.2 Å². The number of H-pyrrole nitrogens is 2. The van der Waals surface area contributed by atoms with Gasteiger partial charge in [-0.2, -0.15) is 0 Å². The molecule has 0 unspecified atom stereocenters. The van der Waals surface area contributed by atoms with Gasteiger partial charge in [-0.3, -0.25) is 0 Å². The number of rotatable bonds is 28. The summed E-state index contributed by atoms with van der Waals surface area (Å²) >= 11 is 0. The number of nitrogens with zero attached hydrogens (tertiary/aromatic N) is 2. The SMILES string of the molecule is O=S(=O)([O-])c1ccc(CCCOc2ccc(-c3c4nc(c(-c5ccc(OCCCc6ccc(S(=O)(=O)[O-])cc6)cc5)c5ccc([nH]5)c(-c5ccc(OCCCc6ccc(S(=O)(=O)[O-])cc6)cc5)c5nc(c(-c6ccc(OCCCc7ccc(S(=O)(=O)[O-])cc7)cc6)c6ccc3[nH]6)C=C5)C=C4)cc2)cc1.[Na+].[Na+].[Na+].[Na+]. The van der Waals surface area contributed by atoms with Gasteiger partial charge in [0.05, 0.1) is 68.8 Å². The van der Waals surface area contributed by atoms with Crippen molar-refractivity contribution in [2.45, 2.75) is 70.9 Å². The molecule has 0 saturated carbocycles. The Bertz CT molecular complexity index is 5000. The average molecular weight is 1560 g/mol. The first kappa shape index (κ1) is 85.2. The van der Waals surface area contributed by atoms with Crippen molar-refractivity contribution >= 4 is 86.8 Å². The molecule has 13 rings (SSSR count). The van der Waals surface area contributed by atoms with Crippen LogP contribution in [-0.2, 0) is 66.2 Å². The van der Waals surface area contributed by atoms with Gasteiger partial charge in [0.2, 0.25) is 0 Å². The Morgan fingerprint density at radius 3 is 0.620 bits per heavy atom. The second-order valence-corrected chi connectivity index (χ2v) is 30.3. The van der Waals surface area contributed by atoms with Crippen LogP contribution in [0, 0.1) is 0 Å². The van der Waals surface area contributed by atoms with E-state index in [1.165, 1.54) is 48.5 Å². The molecule has 0 amide bonds. The topological polar surface area (TPSA) is 323 Å². The fraction of sp³-hybridized carbons (Fsp3) is 0.150. The fourth-order valence-electron chi connectivity index (χ4n) is 12.4. The maximum atomic E-state index is 11.5. The van der Waals surface area contributed by atoms with E-state index in [1.54, 1.807) is 48.5 Å². The van der Waals surface area contributed by atoms with Crippen LogP contribution in [0.3, 0.4) is 0 Å². The van der Waals surface area contributed by atoms with Gasteiger partial charge in [0.15, 0.2) is 0 Å². The summed E-state index contributed by atoms with van der Waals surface area (Å²) in [6.45, 7) is 1.45. The minimum Gasteiger partial charge on any atom is -0.744 e. The molecular formula is C80H66N4Na4O16S4. The Balaban J connectivity index is 0.00000336. The van der Waals surface area contributed by atoms with Crippen molar-refractivity contribution < 1.29 is 189 Å². The van der Waals surface area contributed by atoms with Crippen LogP contribution in [0.4, 0.5) is 0 Å². The molecule has 8 aromatic carbocycles. The molecule has 0 radical (unpaired) electrons. The quantitative estimate of drug-likeness (QED) is 0.0404. The van der Waals surface area contributed by atoms with Crippen LogP contribution in [0.5, 0.6) is 23.0 Å². The molecule has 108 heavy (non-hydrogen) atoms. The summed E-state index contributed by atoms with van der Waals surface area (Å²) in [5.41, 5.74) is 15.5. The summed E-state index contributed by atoms with van der Waals surface area (Å²) in [4.78, 5) is 17.5. The van der Waals surface area contributed by atoms with Crippen molar-refractivity contribution in [3.05, 3.63) is 263 Å². The van der Waals surface area contributed by atoms with Gasteiger partial charge in [-0.05, 0) is 242 Å². The largest absolute Gasteiger partial charge is 1.00 e. The molecule has 28 heteroatoms. The van der Waals surface area contributed by atoms with Crippen molar-refractivity contribution in [3.63, 3.8) is 0 Å². The molecule has 3 aromatic heterocycles. The van der Waals surface area contributed by atoms with Crippen LogP contribution in [0.25, 0.3) is 90.9 Å². The van der Waals surface area contributed by atoms with Crippen molar-refractivity contribution in [3.8, 4) is 67.5 Å². The van der Waals surface area contributed by atoms with E-state index in [4.69, 9.17) is 28.9 Å². The Labute approximate surface area is 715 Å². The predicted octanol–water partition coefficient (Wildman–Crippen LogP) is 3.00. The van der Waals surface area contributed by atoms with Gasteiger partial charge >= 0.3 is 118 Å². The zero-order chi connectivity index (χ0) is 72.6. The van der Waals surface area contributed by atoms with Crippen molar-refractivity contribution in [2.24, 2.45) is 0 Å². The van der Waals surface area contributed by atoms with Gasteiger partial charge in [-0.1, -0.05) is 97.1 Å². The third-order valence-electron chi connectivity index (χ3n) is 17.7. The molecule has 0 spiro atoms. The maximum absolute atomic E-state index is 11.5. The molecule has 0 saturated heterocycles. The third kappa shape index (κ3) is 21.9. The van der Waals surface area contributed by atoms with E-state index in [0.29, 0.717) is 124 Å². The molecule has 2 aliphatic rings. The van der Waals surface area contributed by atoms with E-state index in [9.17, 15) is 51.9 Å². The summed E-state index contributed by atoms with van der Waals surface area (Å²) in [6.07, 6.45) is 12.8. The molecule has 20 nitrogen and oxygen atoms in total. The molecule has 0 fully saturated rings. The average Bonchev–Trinajstić information content (AvgIpc) is 1.61. The number of nitrogens with one attached hydrogen (secondary N) is 2. The Hall–Kier alpha value is -6.80. The van der Waals surface area contributed by atoms with E-state index in [1.807, 2.05) is 146 Å². The van der Waals surface area contributed by atoms with Crippen LogP contribution in [0.15, 0.2) is 238 Å². The zero-order valence-corrected chi connectivity index (χ0v) is 70.9. The standard InChI is InChI=1S/C80H70N4O16S4.4Na/c85-101(86,87)65-33-9-53(10-34-65)5-1-49-97-61-25-17-57(18-26-61)77-69-41-43-71(81-69)78(58-19-27-62(28-20-58)98-50-2-6-54-11-35-66(36-12-54)102(88,89)90)73-45-47-75(83-73)80(60-23-31-64(32-24-60)100-52-4-8-56-15-39-68(40-16-56)104(94,95)96)76-48-46-74(84-76)79(72-44-42-70(77)82-72)59-21-29-63(30-22-59)99-51-3-7-55-13-37-67(38-14-55)103(91,92)93;;;;/h9-48,81,84H,1-8,49-52H2,(H,85,86,87)(H,88,89,90)(H,91,92,93)(H,94,95,96);;;;/q;4*+1/p-4. The number of aromatic nitrogens is 4. The number of hydrogen-bond donors (Lipinski definition) is 2. The molecule has 2 N–H and O–H groups in total. The normalized spacial score (nSPS) is 11.9. The van der Waals surface area contributed by atoms with Crippen molar-refractivity contribution in [1.82, 2.24) is 19.9 Å². The maximum Gasteiger partial charge on any atom is 1.00 e. The van der Waals surface area contributed by atoms with Crippen LogP contribution in [0.2, 0.25) is 0 Å². The predicted molar refractivity (Wildman–Crippen MR) is 393 cm³/mol. The van der Waals surface area contributed by atoms with Gasteiger partial charge in [0.1, 0.15) is 63.5 Å². The molecule has 11 aromatic rings. The summed E-state index contributed by atoms with van der Waals surface area (Å²) in [7, 11) is -18.2. The van der Waals surface area contributed by atoms with Crippen molar-refractivity contribution in [2.75, 3.05) is 26.4 Å². The first-order valence-corrected chi connectivity index (χ1v) is 38.9. The second kappa shape index (κ2) is 37.9. The summed E-state index contributed by atoms with van der Waals surface area (Å²) < 4.78 is 163. The third-order valence-corrected chi connectivity index (χ3v) is 21.1. The molecule has 0 aliphatic carbocycles. The fourth-order valence-corrected chi connectivity index (χ4v) is 14.3. The first-order valence-electron chi connectivity index (χ1n) is 33.3. The molecule has 5 heterocycles. The van der Waals surface area contributed by atoms with E-state index in [-0.39, 0.29) is 138 Å². The second-order valence-electron chi connectivity index (χ2n) is 24.8. The zero-order valence-electron chi connectivity index (χ0n) is 59.6. The van der Waals surface area contributed by atoms with Gasteiger partial charge in [0.25, 0.3) is 0 Å². The number of fused-ring (bicyclic) bond motifs is 8. The minimum atomic E-state index is -4.56. The molecule has 0 atom stereocenters. The van der Waals surface area contributed by atoms with E-state index < -0.39 is 40.5 Å². The van der Waals surface area contributed by atoms with Crippen LogP contribution < -0.4 is 137 Å². The Morgan fingerprint density at radius 2 is 0.444 bits per heavy atom. The smallest absolute Gasteiger partial charge is 0.744 e. The van der Waals surface area contributed by atoms with Crippen LogP contribution in [0.1, 0.15) is 70.7 Å². The van der Waals surface area contributed by atoms with Crippen molar-refractivity contribution in [1.29, 1.82) is 0 Å². The van der Waals surface area contributed by atoms with E-state index in [0.717, 1.165) is 88.8 Å². The van der Waals surface area contributed by atoms with Gasteiger partial charge in [-0.15, -0.1) is 0 Å². The van der Waals surface area contributed by atoms with Gasteiger partial charge in [-0.25, -0.2) is 43.6 Å². The van der Waals surface area contributed by atoms with E-state index in [2.05, 4.69) is 9.97 Å². The number of benzene rings is 8. The summed E-state index contributed by atoms with van der Waals surface area (Å²) in [6, 6.07) is 62.7. The molecule has 2 aliphatic heterocycles. The number of ether oxygens (including phenoxy) is 4. The van der Waals surface area contributed by atoms with Gasteiger partial charge in [0, 0.05) is 44.3 Å². The molecule has 530 valence electrons. The Kier molecular flexibility index (Phi) is 29.9. The number of aryl methyl sites for hydroxylation is 4. The summed E-state index contributed by atoms with van der Waals surface area (Å²) in [5, 5.41) is 0. The van der Waals surface area contributed by atoms with E-state index >= 15 is 0 Å². The number of aromatic amines is 2. The molecule has 8 bridgehead atoms. The minimum absolute atomic E-state index is 0. The Morgan fingerprint density at radius 1 is 0.259 bits per heavy atom. The number of hydrogen-bond acceptors (Lipinski definition) is 18. The summed E-state index contributed by atoms with van der Waals surface area (Å²) in [5.74, 6) is 2.50. The van der Waals surface area contributed by atoms with Gasteiger partial charge < -0.3 is 47.1 Å². The van der Waals surface area contributed by atoms with Crippen LogP contribution >= 0.6 is 0 Å². The first-order chi connectivity index (χ1) is 50.0.